The summed E-state index contributed by atoms with van der Waals surface area (Å²) in [6, 6.07) is 8.09. The third-order valence-electron chi connectivity index (χ3n) is 3.81. The van der Waals surface area contributed by atoms with Crippen LogP contribution in [0.4, 0.5) is 0 Å². The number of carbonyl (C=O) groups is 1. The summed E-state index contributed by atoms with van der Waals surface area (Å²) in [5.74, 6) is 1.12. The Balaban J connectivity index is 1.80. The molecule has 2 rings (SSSR count). The van der Waals surface area contributed by atoms with Crippen LogP contribution >= 0.6 is 0 Å². The van der Waals surface area contributed by atoms with Gasteiger partial charge in [-0.1, -0.05) is 17.7 Å². The molecule has 122 valence electrons. The van der Waals surface area contributed by atoms with Gasteiger partial charge in [-0.25, -0.2) is 4.79 Å². The van der Waals surface area contributed by atoms with Gasteiger partial charge >= 0.3 is 5.97 Å². The lowest BCUT2D eigenvalue weighted by Gasteiger charge is -2.32. The maximum absolute atomic E-state index is 12.0. The molecule has 4 heteroatoms. The van der Waals surface area contributed by atoms with Gasteiger partial charge in [0.2, 0.25) is 0 Å². The Kier molecular flexibility index (Phi) is 5.46. The number of piperidine rings is 1. The molecule has 0 aromatic heterocycles. The molecule has 0 amide bonds. The molecular formula is C18H27NO3. The molecule has 1 atom stereocenters. The van der Waals surface area contributed by atoms with Gasteiger partial charge in [-0.05, 0) is 52.7 Å². The number of carbonyl (C=O) groups excluding carboxylic acids is 1. The van der Waals surface area contributed by atoms with Crippen LogP contribution in [0.1, 0.15) is 39.2 Å². The summed E-state index contributed by atoms with van der Waals surface area (Å²) in [6.07, 6.45) is 2.13. The van der Waals surface area contributed by atoms with Crippen molar-refractivity contribution in [2.75, 3.05) is 19.7 Å². The van der Waals surface area contributed by atoms with Crippen molar-refractivity contribution in [2.24, 2.45) is 11.3 Å². The average Bonchev–Trinajstić information content (AvgIpc) is 2.46. The fourth-order valence-electron chi connectivity index (χ4n) is 2.35. The topological polar surface area (TPSA) is 38.8 Å². The van der Waals surface area contributed by atoms with E-state index in [2.05, 4.69) is 6.92 Å². The smallest absolute Gasteiger partial charge is 0.330 e. The third kappa shape index (κ3) is 5.02. The van der Waals surface area contributed by atoms with E-state index >= 15 is 0 Å². The van der Waals surface area contributed by atoms with E-state index < -0.39 is 5.41 Å². The second-order valence-corrected chi connectivity index (χ2v) is 7.15. The predicted octanol–water partition coefficient (Wildman–Crippen LogP) is 3.59. The molecule has 4 nitrogen and oxygen atoms in total. The quantitative estimate of drug-likeness (QED) is 0.852. The first-order valence-electron chi connectivity index (χ1n) is 8.01. The zero-order valence-electron chi connectivity index (χ0n) is 14.1. The number of ether oxygens (including phenoxy) is 1. The summed E-state index contributed by atoms with van der Waals surface area (Å²) in [5, 5.41) is 1.79. The van der Waals surface area contributed by atoms with Crippen LogP contribution in [0, 0.1) is 18.3 Å². The lowest BCUT2D eigenvalue weighted by Crippen LogP contribution is -2.41. The van der Waals surface area contributed by atoms with Crippen LogP contribution in [0.5, 0.6) is 5.75 Å². The number of hydrogen-bond donors (Lipinski definition) is 0. The van der Waals surface area contributed by atoms with Crippen LogP contribution in [0.15, 0.2) is 24.3 Å². The lowest BCUT2D eigenvalue weighted by atomic mass is 9.97. The molecular weight excluding hydrogens is 278 g/mol. The van der Waals surface area contributed by atoms with Crippen molar-refractivity contribution in [3.63, 3.8) is 0 Å². The minimum absolute atomic E-state index is 0.174. The molecule has 0 spiro atoms. The van der Waals surface area contributed by atoms with Gasteiger partial charge in [0.05, 0.1) is 12.0 Å². The fourth-order valence-corrected chi connectivity index (χ4v) is 2.35. The largest absolute Gasteiger partial charge is 0.493 e. The molecule has 1 aromatic rings. The Hall–Kier alpha value is -1.55. The SMILES string of the molecule is Cc1ccc(OCC2CCCN(OC(=O)C(C)(C)C)C2)cc1. The Bertz CT molecular complexity index is 490. The fraction of sp³-hybridized carbons (Fsp3) is 0.611. The summed E-state index contributed by atoms with van der Waals surface area (Å²) in [6.45, 7) is 9.89. The van der Waals surface area contributed by atoms with Gasteiger partial charge in [0.1, 0.15) is 5.75 Å². The molecule has 0 radical (unpaired) electrons. The first kappa shape index (κ1) is 16.8. The third-order valence-corrected chi connectivity index (χ3v) is 3.81. The van der Waals surface area contributed by atoms with Gasteiger partial charge in [-0.2, -0.15) is 0 Å². The molecule has 22 heavy (non-hydrogen) atoms. The number of rotatable bonds is 4. The molecule has 1 saturated heterocycles. The number of benzene rings is 1. The second kappa shape index (κ2) is 7.14. The van der Waals surface area contributed by atoms with Crippen molar-refractivity contribution in [1.82, 2.24) is 5.06 Å². The molecule has 1 aliphatic rings. The number of hydrogen-bond acceptors (Lipinski definition) is 4. The molecule has 1 heterocycles. The monoisotopic (exact) mass is 305 g/mol. The first-order valence-corrected chi connectivity index (χ1v) is 8.01. The van der Waals surface area contributed by atoms with Crippen LogP contribution in [0.3, 0.4) is 0 Å². The molecule has 1 fully saturated rings. The Morgan fingerprint density at radius 2 is 1.95 bits per heavy atom. The zero-order chi connectivity index (χ0) is 16.2. The van der Waals surface area contributed by atoms with Crippen LogP contribution < -0.4 is 4.74 Å². The van der Waals surface area contributed by atoms with Gasteiger partial charge in [-0.3, -0.25) is 0 Å². The van der Waals surface area contributed by atoms with E-state index in [1.165, 1.54) is 5.56 Å². The molecule has 0 aliphatic carbocycles. The Morgan fingerprint density at radius 3 is 2.59 bits per heavy atom. The van der Waals surface area contributed by atoms with Gasteiger partial charge in [0.25, 0.3) is 0 Å². The Morgan fingerprint density at radius 1 is 1.27 bits per heavy atom. The standard InChI is InChI=1S/C18H27NO3/c1-14-7-9-16(10-8-14)21-13-15-6-5-11-19(12-15)22-17(20)18(2,3)4/h7-10,15H,5-6,11-13H2,1-4H3. The van der Waals surface area contributed by atoms with Crippen LogP contribution in [-0.4, -0.2) is 30.7 Å². The van der Waals surface area contributed by atoms with Crippen molar-refractivity contribution in [1.29, 1.82) is 0 Å². The van der Waals surface area contributed by atoms with E-state index in [1.807, 2.05) is 45.0 Å². The molecule has 1 aliphatic heterocycles. The molecule has 1 aromatic carbocycles. The molecule has 1 unspecified atom stereocenters. The lowest BCUT2D eigenvalue weighted by molar-refractivity contribution is -0.208. The van der Waals surface area contributed by atoms with Crippen molar-refractivity contribution in [2.45, 2.75) is 40.5 Å². The molecule has 0 N–H and O–H groups in total. The van der Waals surface area contributed by atoms with E-state index in [9.17, 15) is 4.79 Å². The van der Waals surface area contributed by atoms with Gasteiger partial charge in [-0.15, -0.1) is 5.06 Å². The van der Waals surface area contributed by atoms with Gasteiger partial charge in [0.15, 0.2) is 0 Å². The highest BCUT2D eigenvalue weighted by Crippen LogP contribution is 2.22. The van der Waals surface area contributed by atoms with E-state index in [1.54, 1.807) is 5.06 Å². The minimum Gasteiger partial charge on any atom is -0.493 e. The Labute approximate surface area is 133 Å². The second-order valence-electron chi connectivity index (χ2n) is 7.15. The minimum atomic E-state index is -0.467. The summed E-state index contributed by atoms with van der Waals surface area (Å²) in [5.41, 5.74) is 0.760. The molecule has 0 bridgehead atoms. The summed E-state index contributed by atoms with van der Waals surface area (Å²) < 4.78 is 5.85. The maximum atomic E-state index is 12.0. The van der Waals surface area contributed by atoms with Crippen molar-refractivity contribution in [3.8, 4) is 5.75 Å². The van der Waals surface area contributed by atoms with E-state index in [0.717, 1.165) is 31.7 Å². The summed E-state index contributed by atoms with van der Waals surface area (Å²) in [7, 11) is 0. The van der Waals surface area contributed by atoms with Crippen LogP contribution in [-0.2, 0) is 9.63 Å². The van der Waals surface area contributed by atoms with E-state index in [4.69, 9.17) is 9.57 Å². The van der Waals surface area contributed by atoms with Crippen LogP contribution in [0.2, 0.25) is 0 Å². The predicted molar refractivity (Wildman–Crippen MR) is 86.5 cm³/mol. The highest BCUT2D eigenvalue weighted by Gasteiger charge is 2.29. The summed E-state index contributed by atoms with van der Waals surface area (Å²) >= 11 is 0. The van der Waals surface area contributed by atoms with E-state index in [-0.39, 0.29) is 5.97 Å². The van der Waals surface area contributed by atoms with Gasteiger partial charge in [0, 0.05) is 19.0 Å². The summed E-state index contributed by atoms with van der Waals surface area (Å²) in [4.78, 5) is 17.4. The highest BCUT2D eigenvalue weighted by atomic mass is 16.7. The maximum Gasteiger partial charge on any atom is 0.330 e. The van der Waals surface area contributed by atoms with Crippen molar-refractivity contribution >= 4 is 5.97 Å². The number of hydroxylamine groups is 2. The van der Waals surface area contributed by atoms with Crippen LogP contribution in [0.25, 0.3) is 0 Å². The zero-order valence-corrected chi connectivity index (χ0v) is 14.1. The normalized spacial score (nSPS) is 19.7. The molecule has 0 saturated carbocycles. The van der Waals surface area contributed by atoms with Gasteiger partial charge < -0.3 is 9.57 Å². The average molecular weight is 305 g/mol. The van der Waals surface area contributed by atoms with Crippen molar-refractivity contribution < 1.29 is 14.4 Å². The number of aryl methyl sites for hydroxylation is 1. The number of nitrogens with zero attached hydrogens (tertiary/aromatic N) is 1. The highest BCUT2D eigenvalue weighted by molar-refractivity contribution is 5.75. The first-order chi connectivity index (χ1) is 10.3. The van der Waals surface area contributed by atoms with Crippen molar-refractivity contribution in [3.05, 3.63) is 29.8 Å². The van der Waals surface area contributed by atoms with E-state index in [0.29, 0.717) is 12.5 Å².